The van der Waals surface area contributed by atoms with E-state index in [-0.39, 0.29) is 24.5 Å². The molecule has 1 aromatic carbocycles. The van der Waals surface area contributed by atoms with Gasteiger partial charge in [-0.25, -0.2) is 0 Å². The number of benzene rings is 1. The van der Waals surface area contributed by atoms with Crippen molar-refractivity contribution in [3.05, 3.63) is 35.4 Å². The lowest BCUT2D eigenvalue weighted by Crippen LogP contribution is -2.33. The number of hydrogen-bond acceptors (Lipinski definition) is 4. The van der Waals surface area contributed by atoms with E-state index in [4.69, 9.17) is 9.47 Å². The number of rotatable bonds is 7. The van der Waals surface area contributed by atoms with Crippen LogP contribution in [-0.2, 0) is 14.3 Å². The minimum absolute atomic E-state index is 0.00966. The quantitative estimate of drug-likeness (QED) is 0.785. The number of ether oxygens (including phenoxy) is 2. The maximum absolute atomic E-state index is 12.0. The van der Waals surface area contributed by atoms with Crippen molar-refractivity contribution in [2.24, 2.45) is 0 Å². The van der Waals surface area contributed by atoms with Crippen LogP contribution in [0.4, 0.5) is 0 Å². The van der Waals surface area contributed by atoms with Gasteiger partial charge in [0.15, 0.2) is 11.6 Å². The predicted octanol–water partition coefficient (Wildman–Crippen LogP) is 2.23. The van der Waals surface area contributed by atoms with Crippen molar-refractivity contribution in [3.8, 4) is 0 Å². The summed E-state index contributed by atoms with van der Waals surface area (Å²) in [7, 11) is 0. The number of ketones is 1. The van der Waals surface area contributed by atoms with Crippen LogP contribution in [0.2, 0.25) is 0 Å². The van der Waals surface area contributed by atoms with Crippen LogP contribution in [-0.4, -0.2) is 37.2 Å². The standard InChI is InChI=1S/C17H23NO4/c1-13-3-5-14(6-4-13)15(19)7-8-16(20)18-10-9-17(2)21-11-12-22-17/h3-6H,7-12H2,1-2H3,(H,18,20). The van der Waals surface area contributed by atoms with Gasteiger partial charge in [-0.3, -0.25) is 9.59 Å². The number of nitrogens with one attached hydrogen (secondary N) is 1. The van der Waals surface area contributed by atoms with Gasteiger partial charge in [0.2, 0.25) is 5.91 Å². The molecular formula is C17H23NO4. The summed E-state index contributed by atoms with van der Waals surface area (Å²) < 4.78 is 10.9. The summed E-state index contributed by atoms with van der Waals surface area (Å²) in [6.45, 7) is 5.51. The Morgan fingerprint density at radius 2 is 1.77 bits per heavy atom. The molecule has 0 bridgehead atoms. The molecule has 120 valence electrons. The highest BCUT2D eigenvalue weighted by Gasteiger charge is 2.30. The zero-order chi connectivity index (χ0) is 16.0. The van der Waals surface area contributed by atoms with Gasteiger partial charge >= 0.3 is 0 Å². The van der Waals surface area contributed by atoms with E-state index in [1.807, 2.05) is 26.0 Å². The number of carbonyl (C=O) groups excluding carboxylic acids is 2. The van der Waals surface area contributed by atoms with Gasteiger partial charge < -0.3 is 14.8 Å². The van der Waals surface area contributed by atoms with Gasteiger partial charge in [0.1, 0.15) is 0 Å². The van der Waals surface area contributed by atoms with Crippen molar-refractivity contribution in [3.63, 3.8) is 0 Å². The Morgan fingerprint density at radius 3 is 2.41 bits per heavy atom. The zero-order valence-corrected chi connectivity index (χ0v) is 13.2. The summed E-state index contributed by atoms with van der Waals surface area (Å²) in [5.74, 6) is -0.725. The molecule has 1 fully saturated rings. The first-order valence-electron chi connectivity index (χ1n) is 7.63. The van der Waals surface area contributed by atoms with E-state index in [1.54, 1.807) is 12.1 Å². The van der Waals surface area contributed by atoms with Gasteiger partial charge in [0.05, 0.1) is 13.2 Å². The van der Waals surface area contributed by atoms with Crippen LogP contribution in [0, 0.1) is 6.92 Å². The second kappa shape index (κ2) is 7.51. The smallest absolute Gasteiger partial charge is 0.220 e. The summed E-state index contributed by atoms with van der Waals surface area (Å²) >= 11 is 0. The second-order valence-electron chi connectivity index (χ2n) is 5.72. The molecular weight excluding hydrogens is 282 g/mol. The molecule has 2 rings (SSSR count). The highest BCUT2D eigenvalue weighted by atomic mass is 16.7. The summed E-state index contributed by atoms with van der Waals surface area (Å²) in [4.78, 5) is 23.7. The van der Waals surface area contributed by atoms with E-state index in [2.05, 4.69) is 5.32 Å². The Morgan fingerprint density at radius 1 is 1.14 bits per heavy atom. The Kier molecular flexibility index (Phi) is 5.69. The topological polar surface area (TPSA) is 64.6 Å². The van der Waals surface area contributed by atoms with Gasteiger partial charge in [-0.1, -0.05) is 29.8 Å². The lowest BCUT2D eigenvalue weighted by atomic mass is 10.0. The van der Waals surface area contributed by atoms with Crippen molar-refractivity contribution < 1.29 is 19.1 Å². The molecule has 0 saturated carbocycles. The summed E-state index contributed by atoms with van der Waals surface area (Å²) in [6.07, 6.45) is 1.02. The molecule has 1 heterocycles. The maximum Gasteiger partial charge on any atom is 0.220 e. The third-order valence-corrected chi connectivity index (χ3v) is 3.75. The van der Waals surface area contributed by atoms with E-state index in [9.17, 15) is 9.59 Å². The molecule has 1 aliphatic heterocycles. The fraction of sp³-hybridized carbons (Fsp3) is 0.529. The normalized spacial score (nSPS) is 16.5. The average Bonchev–Trinajstić information content (AvgIpc) is 2.92. The summed E-state index contributed by atoms with van der Waals surface area (Å²) in [6, 6.07) is 7.39. The SMILES string of the molecule is Cc1ccc(C(=O)CCC(=O)NCCC2(C)OCCO2)cc1. The Hall–Kier alpha value is -1.72. The van der Waals surface area contributed by atoms with Gasteiger partial charge in [0, 0.05) is 31.4 Å². The molecule has 0 radical (unpaired) electrons. The van der Waals surface area contributed by atoms with Crippen molar-refractivity contribution in [2.75, 3.05) is 19.8 Å². The van der Waals surface area contributed by atoms with E-state index < -0.39 is 5.79 Å². The van der Waals surface area contributed by atoms with Gasteiger partial charge in [-0.05, 0) is 13.8 Å². The second-order valence-corrected chi connectivity index (χ2v) is 5.72. The van der Waals surface area contributed by atoms with Crippen molar-refractivity contribution in [1.29, 1.82) is 0 Å². The largest absolute Gasteiger partial charge is 0.356 e. The monoisotopic (exact) mass is 305 g/mol. The lowest BCUT2D eigenvalue weighted by Gasteiger charge is -2.22. The number of amides is 1. The van der Waals surface area contributed by atoms with Crippen LogP contribution in [0.5, 0.6) is 0 Å². The predicted molar refractivity (Wildman–Crippen MR) is 82.7 cm³/mol. The molecule has 1 aromatic rings. The lowest BCUT2D eigenvalue weighted by molar-refractivity contribution is -0.146. The minimum atomic E-state index is -0.592. The van der Waals surface area contributed by atoms with E-state index in [0.29, 0.717) is 31.7 Å². The molecule has 5 nitrogen and oxygen atoms in total. The van der Waals surface area contributed by atoms with E-state index >= 15 is 0 Å². The van der Waals surface area contributed by atoms with E-state index in [0.717, 1.165) is 5.56 Å². The van der Waals surface area contributed by atoms with E-state index in [1.165, 1.54) is 0 Å². The van der Waals surface area contributed by atoms with Crippen LogP contribution in [0.25, 0.3) is 0 Å². The van der Waals surface area contributed by atoms with Gasteiger partial charge in [0.25, 0.3) is 0 Å². The van der Waals surface area contributed by atoms with Crippen molar-refractivity contribution >= 4 is 11.7 Å². The molecule has 1 aliphatic rings. The fourth-order valence-corrected chi connectivity index (χ4v) is 2.33. The number of hydrogen-bond donors (Lipinski definition) is 1. The Bertz CT molecular complexity index is 518. The van der Waals surface area contributed by atoms with Crippen LogP contribution >= 0.6 is 0 Å². The minimum Gasteiger partial charge on any atom is -0.356 e. The van der Waals surface area contributed by atoms with Crippen LogP contribution in [0.3, 0.4) is 0 Å². The first kappa shape index (κ1) is 16.6. The number of aryl methyl sites for hydroxylation is 1. The van der Waals surface area contributed by atoms with Crippen LogP contribution in [0.1, 0.15) is 42.1 Å². The molecule has 1 amide bonds. The van der Waals surface area contributed by atoms with Gasteiger partial charge in [-0.2, -0.15) is 0 Å². The zero-order valence-electron chi connectivity index (χ0n) is 13.2. The first-order valence-corrected chi connectivity index (χ1v) is 7.63. The molecule has 22 heavy (non-hydrogen) atoms. The highest BCUT2D eigenvalue weighted by molar-refractivity contribution is 5.97. The molecule has 0 unspecified atom stereocenters. The number of carbonyl (C=O) groups is 2. The third kappa shape index (κ3) is 4.93. The summed E-state index contributed by atoms with van der Waals surface area (Å²) in [5.41, 5.74) is 1.76. The average molecular weight is 305 g/mol. The molecule has 1 N–H and O–H groups in total. The number of Topliss-reactive ketones (excluding diaryl/α,β-unsaturated/α-hetero) is 1. The van der Waals surface area contributed by atoms with Crippen molar-refractivity contribution in [2.45, 2.75) is 38.9 Å². The van der Waals surface area contributed by atoms with Crippen molar-refractivity contribution in [1.82, 2.24) is 5.32 Å². The Labute approximate surface area is 131 Å². The first-order chi connectivity index (χ1) is 10.5. The third-order valence-electron chi connectivity index (χ3n) is 3.75. The van der Waals surface area contributed by atoms with Crippen LogP contribution in [0.15, 0.2) is 24.3 Å². The molecule has 0 spiro atoms. The molecule has 0 aliphatic carbocycles. The van der Waals surface area contributed by atoms with Gasteiger partial charge in [-0.15, -0.1) is 0 Å². The summed E-state index contributed by atoms with van der Waals surface area (Å²) in [5, 5.41) is 2.80. The van der Waals surface area contributed by atoms with Crippen LogP contribution < -0.4 is 5.32 Å². The molecule has 1 saturated heterocycles. The molecule has 0 atom stereocenters. The Balaban J connectivity index is 1.67. The maximum atomic E-state index is 12.0. The molecule has 5 heteroatoms. The highest BCUT2D eigenvalue weighted by Crippen LogP contribution is 2.21. The fourth-order valence-electron chi connectivity index (χ4n) is 2.33. The molecule has 0 aromatic heterocycles.